The first-order chi connectivity index (χ1) is 7.59. The maximum Gasteiger partial charge on any atom is 0.185 e. The molecule has 0 saturated carbocycles. The summed E-state index contributed by atoms with van der Waals surface area (Å²) in [6.07, 6.45) is 2.78. The van der Waals surface area contributed by atoms with Gasteiger partial charge in [-0.05, 0) is 17.5 Å². The first-order valence-electron chi connectivity index (χ1n) is 4.54. The van der Waals surface area contributed by atoms with Crippen LogP contribution in [0.15, 0.2) is 40.9 Å². The maximum atomic E-state index is 12.0. The number of anilines is 1. The Kier molecular flexibility index (Phi) is 2.93. The van der Waals surface area contributed by atoms with Crippen LogP contribution in [-0.4, -0.2) is 13.4 Å². The van der Waals surface area contributed by atoms with E-state index in [0.717, 1.165) is 4.88 Å². The molecule has 0 saturated heterocycles. The lowest BCUT2D eigenvalue weighted by molar-refractivity contribution is 0.596. The molecule has 2 aromatic heterocycles. The van der Waals surface area contributed by atoms with E-state index in [9.17, 15) is 8.42 Å². The van der Waals surface area contributed by atoms with Crippen LogP contribution in [0.4, 0.5) is 5.69 Å². The van der Waals surface area contributed by atoms with Gasteiger partial charge in [0.25, 0.3) is 0 Å². The number of sulfone groups is 1. The van der Waals surface area contributed by atoms with Gasteiger partial charge in [0.05, 0.1) is 22.5 Å². The summed E-state index contributed by atoms with van der Waals surface area (Å²) < 4.78 is 24.0. The molecule has 2 aromatic rings. The summed E-state index contributed by atoms with van der Waals surface area (Å²) in [6.45, 7) is 0. The minimum absolute atomic E-state index is 0.0150. The number of nitrogens with two attached hydrogens (primary N) is 1. The zero-order valence-corrected chi connectivity index (χ0v) is 9.96. The number of aromatic nitrogens is 1. The van der Waals surface area contributed by atoms with Gasteiger partial charge >= 0.3 is 0 Å². The molecule has 0 bridgehead atoms. The monoisotopic (exact) mass is 254 g/mol. The minimum Gasteiger partial charge on any atom is -0.396 e. The van der Waals surface area contributed by atoms with Crippen LogP contribution >= 0.6 is 11.3 Å². The van der Waals surface area contributed by atoms with Crippen LogP contribution in [0.3, 0.4) is 0 Å². The highest BCUT2D eigenvalue weighted by Crippen LogP contribution is 2.22. The van der Waals surface area contributed by atoms with Crippen LogP contribution in [0, 0.1) is 0 Å². The van der Waals surface area contributed by atoms with Crippen LogP contribution in [0.25, 0.3) is 0 Å². The molecular weight excluding hydrogens is 244 g/mol. The molecule has 84 valence electrons. The van der Waals surface area contributed by atoms with E-state index < -0.39 is 9.84 Å². The highest BCUT2D eigenvalue weighted by atomic mass is 32.2. The second-order valence-corrected chi connectivity index (χ2v) is 6.24. The van der Waals surface area contributed by atoms with Crippen molar-refractivity contribution in [2.75, 3.05) is 5.73 Å². The largest absolute Gasteiger partial charge is 0.396 e. The minimum atomic E-state index is -3.37. The first-order valence-corrected chi connectivity index (χ1v) is 7.07. The second-order valence-electron chi connectivity index (χ2n) is 3.25. The highest BCUT2D eigenvalue weighted by molar-refractivity contribution is 7.91. The molecule has 0 aromatic carbocycles. The molecule has 0 aliphatic rings. The van der Waals surface area contributed by atoms with Crippen molar-refractivity contribution in [1.82, 2.24) is 4.98 Å². The number of nitrogen functional groups attached to an aromatic ring is 1. The van der Waals surface area contributed by atoms with Gasteiger partial charge in [-0.3, -0.25) is 4.98 Å². The number of nitrogens with zero attached hydrogens (tertiary/aromatic N) is 1. The van der Waals surface area contributed by atoms with Crippen molar-refractivity contribution in [3.63, 3.8) is 0 Å². The van der Waals surface area contributed by atoms with E-state index in [1.807, 2.05) is 11.4 Å². The number of rotatable bonds is 3. The Morgan fingerprint density at radius 2 is 2.19 bits per heavy atom. The third-order valence-electron chi connectivity index (χ3n) is 2.06. The number of pyridine rings is 1. The number of hydrogen-bond donors (Lipinski definition) is 1. The average Bonchev–Trinajstić information content (AvgIpc) is 2.70. The number of hydrogen-bond acceptors (Lipinski definition) is 5. The van der Waals surface area contributed by atoms with Gasteiger partial charge in [0.15, 0.2) is 9.84 Å². The van der Waals surface area contributed by atoms with Gasteiger partial charge in [0, 0.05) is 11.1 Å². The zero-order valence-electron chi connectivity index (χ0n) is 8.33. The maximum absolute atomic E-state index is 12.0. The lowest BCUT2D eigenvalue weighted by atomic mass is 10.4. The molecular formula is C10H10N2O2S2. The predicted molar refractivity (Wildman–Crippen MR) is 63.9 cm³/mol. The van der Waals surface area contributed by atoms with E-state index in [1.165, 1.54) is 29.8 Å². The Balaban J connectivity index is 2.37. The SMILES string of the molecule is Nc1cnccc1S(=O)(=O)Cc1cccs1. The van der Waals surface area contributed by atoms with Gasteiger partial charge in [0.1, 0.15) is 0 Å². The van der Waals surface area contributed by atoms with Crippen LogP contribution in [0.1, 0.15) is 4.88 Å². The molecule has 2 N–H and O–H groups in total. The van der Waals surface area contributed by atoms with Crippen molar-refractivity contribution in [2.45, 2.75) is 10.6 Å². The van der Waals surface area contributed by atoms with Gasteiger partial charge in [-0.1, -0.05) is 6.07 Å². The van der Waals surface area contributed by atoms with Crippen LogP contribution < -0.4 is 5.73 Å². The molecule has 4 nitrogen and oxygen atoms in total. The molecule has 0 aliphatic heterocycles. The third-order valence-corrected chi connectivity index (χ3v) is 4.85. The van der Waals surface area contributed by atoms with Crippen LogP contribution in [-0.2, 0) is 15.6 Å². The van der Waals surface area contributed by atoms with Gasteiger partial charge in [0.2, 0.25) is 0 Å². The molecule has 6 heteroatoms. The molecule has 2 rings (SSSR count). The summed E-state index contributed by atoms with van der Waals surface area (Å²) in [5, 5.41) is 1.85. The molecule has 16 heavy (non-hydrogen) atoms. The van der Waals surface area contributed by atoms with E-state index in [-0.39, 0.29) is 16.3 Å². The molecule has 0 spiro atoms. The fourth-order valence-electron chi connectivity index (χ4n) is 1.34. The van der Waals surface area contributed by atoms with Crippen molar-refractivity contribution < 1.29 is 8.42 Å². The van der Waals surface area contributed by atoms with E-state index >= 15 is 0 Å². The Hall–Kier alpha value is -1.40. The molecule has 0 unspecified atom stereocenters. The molecule has 0 fully saturated rings. The van der Waals surface area contributed by atoms with Gasteiger partial charge in [-0.15, -0.1) is 11.3 Å². The van der Waals surface area contributed by atoms with Crippen molar-refractivity contribution in [1.29, 1.82) is 0 Å². The smallest absolute Gasteiger partial charge is 0.185 e. The fraction of sp³-hybridized carbons (Fsp3) is 0.100. The van der Waals surface area contributed by atoms with Crippen molar-refractivity contribution in [2.24, 2.45) is 0 Å². The topological polar surface area (TPSA) is 73.0 Å². The van der Waals surface area contributed by atoms with Crippen molar-refractivity contribution in [3.05, 3.63) is 40.8 Å². The van der Waals surface area contributed by atoms with Crippen molar-refractivity contribution >= 4 is 26.9 Å². The molecule has 2 heterocycles. The lowest BCUT2D eigenvalue weighted by Crippen LogP contribution is -2.07. The summed E-state index contributed by atoms with van der Waals surface area (Å²) in [6, 6.07) is 5.04. The van der Waals surface area contributed by atoms with Gasteiger partial charge in [-0.25, -0.2) is 8.42 Å². The summed E-state index contributed by atoms with van der Waals surface area (Å²) in [5.41, 5.74) is 5.79. The fourth-order valence-corrected chi connectivity index (χ4v) is 3.87. The molecule has 0 amide bonds. The Bertz CT molecular complexity index is 577. The summed E-state index contributed by atoms with van der Waals surface area (Å²) in [5.74, 6) is -0.0150. The van der Waals surface area contributed by atoms with E-state index in [0.29, 0.717) is 0 Å². The second kappa shape index (κ2) is 4.23. The standard InChI is InChI=1S/C10H10N2O2S2/c11-9-6-12-4-3-10(9)16(13,14)7-8-2-1-5-15-8/h1-6H,7,11H2. The van der Waals surface area contributed by atoms with E-state index in [2.05, 4.69) is 4.98 Å². The normalized spacial score (nSPS) is 11.5. The van der Waals surface area contributed by atoms with Gasteiger partial charge in [-0.2, -0.15) is 0 Å². The van der Waals surface area contributed by atoms with Crippen LogP contribution in [0.5, 0.6) is 0 Å². The van der Waals surface area contributed by atoms with Crippen molar-refractivity contribution in [3.8, 4) is 0 Å². The number of thiophene rings is 1. The molecule has 0 radical (unpaired) electrons. The Morgan fingerprint density at radius 3 is 2.81 bits per heavy atom. The Labute approximate surface area is 97.7 Å². The van der Waals surface area contributed by atoms with Crippen LogP contribution in [0.2, 0.25) is 0 Å². The highest BCUT2D eigenvalue weighted by Gasteiger charge is 2.18. The molecule has 0 aliphatic carbocycles. The van der Waals surface area contributed by atoms with Gasteiger partial charge < -0.3 is 5.73 Å². The van der Waals surface area contributed by atoms with E-state index in [4.69, 9.17) is 5.73 Å². The quantitative estimate of drug-likeness (QED) is 0.904. The molecule has 0 atom stereocenters. The summed E-state index contributed by atoms with van der Waals surface area (Å²) >= 11 is 1.41. The summed E-state index contributed by atoms with van der Waals surface area (Å²) in [4.78, 5) is 4.72. The lowest BCUT2D eigenvalue weighted by Gasteiger charge is -2.05. The average molecular weight is 254 g/mol. The summed E-state index contributed by atoms with van der Waals surface area (Å²) in [7, 11) is -3.37. The predicted octanol–water partition coefficient (Wildman–Crippen LogP) is 1.70. The first kappa shape index (κ1) is 11.1. The Morgan fingerprint density at radius 1 is 1.38 bits per heavy atom. The third kappa shape index (κ3) is 2.23. The van der Waals surface area contributed by atoms with E-state index in [1.54, 1.807) is 6.07 Å². The zero-order chi connectivity index (χ0) is 11.6.